The molecule has 0 fully saturated rings. The van der Waals surface area contributed by atoms with E-state index in [0.29, 0.717) is 22.0 Å². The number of nitro groups is 1. The van der Waals surface area contributed by atoms with Crippen molar-refractivity contribution in [2.75, 3.05) is 24.4 Å². The van der Waals surface area contributed by atoms with Crippen molar-refractivity contribution >= 4 is 40.2 Å². The Balaban J connectivity index is 1.78. The van der Waals surface area contributed by atoms with Gasteiger partial charge in [-0.1, -0.05) is 6.07 Å². The summed E-state index contributed by atoms with van der Waals surface area (Å²) in [7, 11) is 1.44. The Hall–Kier alpha value is -3.92. The van der Waals surface area contributed by atoms with Gasteiger partial charge in [-0.3, -0.25) is 19.7 Å². The van der Waals surface area contributed by atoms with Crippen LogP contribution < -0.4 is 20.1 Å². The van der Waals surface area contributed by atoms with Gasteiger partial charge < -0.3 is 20.1 Å². The summed E-state index contributed by atoms with van der Waals surface area (Å²) in [5, 5.41) is 18.5. The third-order valence-corrected chi connectivity index (χ3v) is 5.04. The normalized spacial score (nSPS) is 10.3. The van der Waals surface area contributed by atoms with Gasteiger partial charge in [0.1, 0.15) is 5.75 Å². The van der Waals surface area contributed by atoms with Gasteiger partial charge in [-0.15, -0.1) is 11.3 Å². The molecule has 160 valence electrons. The summed E-state index contributed by atoms with van der Waals surface area (Å²) in [6, 6.07) is 12.2. The molecule has 1 heterocycles. The summed E-state index contributed by atoms with van der Waals surface area (Å²) in [5.41, 5.74) is 0.644. The summed E-state index contributed by atoms with van der Waals surface area (Å²) in [6.45, 7) is 1.98. The first-order valence-electron chi connectivity index (χ1n) is 9.18. The van der Waals surface area contributed by atoms with Gasteiger partial charge in [0.05, 0.1) is 29.2 Å². The summed E-state index contributed by atoms with van der Waals surface area (Å²) in [6.07, 6.45) is 0. The summed E-state index contributed by atoms with van der Waals surface area (Å²) in [4.78, 5) is 36.1. The van der Waals surface area contributed by atoms with E-state index in [0.717, 1.165) is 6.07 Å². The lowest BCUT2D eigenvalue weighted by atomic mass is 10.1. The predicted octanol–water partition coefficient (Wildman–Crippen LogP) is 4.57. The van der Waals surface area contributed by atoms with Crippen LogP contribution in [-0.2, 0) is 0 Å². The van der Waals surface area contributed by atoms with Crippen LogP contribution in [0.1, 0.15) is 27.0 Å². The van der Waals surface area contributed by atoms with E-state index in [4.69, 9.17) is 9.47 Å². The van der Waals surface area contributed by atoms with E-state index in [1.54, 1.807) is 42.6 Å². The Bertz CT molecular complexity index is 1110. The molecule has 1 aromatic heterocycles. The first-order valence-corrected chi connectivity index (χ1v) is 10.1. The number of ether oxygens (including phenoxy) is 2. The third kappa shape index (κ3) is 5.17. The number of hydrogen-bond donors (Lipinski definition) is 2. The van der Waals surface area contributed by atoms with Crippen LogP contribution in [0, 0.1) is 10.1 Å². The minimum absolute atomic E-state index is 0.0940. The van der Waals surface area contributed by atoms with Crippen molar-refractivity contribution in [3.05, 3.63) is 74.5 Å². The predicted molar refractivity (Wildman–Crippen MR) is 117 cm³/mol. The van der Waals surface area contributed by atoms with E-state index >= 15 is 0 Å². The molecule has 3 aromatic rings. The highest BCUT2D eigenvalue weighted by molar-refractivity contribution is 7.12. The SMILES string of the molecule is CCOc1ccc(C(=O)Nc2ccc(NC(=O)c3cccs3)c(OC)c2)cc1[N+](=O)[O-]. The van der Waals surface area contributed by atoms with Crippen molar-refractivity contribution in [2.24, 2.45) is 0 Å². The number of methoxy groups -OCH3 is 1. The monoisotopic (exact) mass is 441 g/mol. The zero-order valence-electron chi connectivity index (χ0n) is 16.7. The Morgan fingerprint density at radius 2 is 1.87 bits per heavy atom. The number of hydrogen-bond acceptors (Lipinski definition) is 7. The molecule has 0 aliphatic carbocycles. The molecule has 0 aliphatic heterocycles. The van der Waals surface area contributed by atoms with Crippen molar-refractivity contribution in [3.8, 4) is 11.5 Å². The van der Waals surface area contributed by atoms with Gasteiger partial charge in [0.2, 0.25) is 0 Å². The largest absolute Gasteiger partial charge is 0.494 e. The minimum Gasteiger partial charge on any atom is -0.494 e. The van der Waals surface area contributed by atoms with Gasteiger partial charge in [-0.25, -0.2) is 0 Å². The number of nitrogens with zero attached hydrogens (tertiary/aromatic N) is 1. The maximum absolute atomic E-state index is 12.6. The van der Waals surface area contributed by atoms with E-state index in [1.807, 2.05) is 0 Å². The van der Waals surface area contributed by atoms with E-state index in [2.05, 4.69) is 10.6 Å². The molecule has 9 nitrogen and oxygen atoms in total. The number of rotatable bonds is 8. The van der Waals surface area contributed by atoms with Crippen molar-refractivity contribution < 1.29 is 24.0 Å². The number of anilines is 2. The average molecular weight is 441 g/mol. The smallest absolute Gasteiger partial charge is 0.311 e. The first kappa shape index (κ1) is 21.8. The van der Waals surface area contributed by atoms with E-state index in [1.165, 1.54) is 30.6 Å². The number of benzene rings is 2. The number of carbonyl (C=O) groups is 2. The molecule has 0 saturated heterocycles. The molecule has 10 heteroatoms. The van der Waals surface area contributed by atoms with Crippen LogP contribution >= 0.6 is 11.3 Å². The molecule has 0 atom stereocenters. The second kappa shape index (κ2) is 9.72. The van der Waals surface area contributed by atoms with Gasteiger partial charge in [0, 0.05) is 23.4 Å². The number of thiophene rings is 1. The second-order valence-corrected chi connectivity index (χ2v) is 7.12. The lowest BCUT2D eigenvalue weighted by Gasteiger charge is -2.12. The molecule has 2 aromatic carbocycles. The van der Waals surface area contributed by atoms with Crippen LogP contribution in [0.15, 0.2) is 53.9 Å². The van der Waals surface area contributed by atoms with Crippen molar-refractivity contribution in [3.63, 3.8) is 0 Å². The van der Waals surface area contributed by atoms with Crippen LogP contribution in [0.25, 0.3) is 0 Å². The highest BCUT2D eigenvalue weighted by Gasteiger charge is 2.19. The Kier molecular flexibility index (Phi) is 6.83. The van der Waals surface area contributed by atoms with Gasteiger partial charge in [-0.05, 0) is 42.6 Å². The molecule has 0 radical (unpaired) electrons. The first-order chi connectivity index (χ1) is 14.9. The quantitative estimate of drug-likeness (QED) is 0.390. The lowest BCUT2D eigenvalue weighted by molar-refractivity contribution is -0.385. The van der Waals surface area contributed by atoms with Crippen LogP contribution in [0.5, 0.6) is 11.5 Å². The zero-order chi connectivity index (χ0) is 22.4. The molecule has 0 saturated carbocycles. The molecular weight excluding hydrogens is 422 g/mol. The molecule has 0 bridgehead atoms. The van der Waals surface area contributed by atoms with Gasteiger partial charge in [-0.2, -0.15) is 0 Å². The van der Waals surface area contributed by atoms with Crippen molar-refractivity contribution in [1.29, 1.82) is 0 Å². The fourth-order valence-corrected chi connectivity index (χ4v) is 3.36. The van der Waals surface area contributed by atoms with E-state index in [-0.39, 0.29) is 29.5 Å². The van der Waals surface area contributed by atoms with Crippen LogP contribution in [-0.4, -0.2) is 30.5 Å². The molecule has 0 aliphatic rings. The van der Waals surface area contributed by atoms with Gasteiger partial charge >= 0.3 is 5.69 Å². The van der Waals surface area contributed by atoms with Crippen LogP contribution in [0.4, 0.5) is 17.1 Å². The fraction of sp³-hybridized carbons (Fsp3) is 0.143. The molecule has 2 N–H and O–H groups in total. The maximum Gasteiger partial charge on any atom is 0.311 e. The van der Waals surface area contributed by atoms with Crippen LogP contribution in [0.3, 0.4) is 0 Å². The van der Waals surface area contributed by atoms with E-state index < -0.39 is 10.8 Å². The van der Waals surface area contributed by atoms with Crippen molar-refractivity contribution in [2.45, 2.75) is 6.92 Å². The topological polar surface area (TPSA) is 120 Å². The molecule has 0 unspecified atom stereocenters. The van der Waals surface area contributed by atoms with Crippen molar-refractivity contribution in [1.82, 2.24) is 0 Å². The molecule has 0 spiro atoms. The Labute approximate surface area is 181 Å². The zero-order valence-corrected chi connectivity index (χ0v) is 17.5. The molecule has 2 amide bonds. The van der Waals surface area contributed by atoms with E-state index in [9.17, 15) is 19.7 Å². The summed E-state index contributed by atoms with van der Waals surface area (Å²) in [5.74, 6) is -0.368. The second-order valence-electron chi connectivity index (χ2n) is 6.17. The highest BCUT2D eigenvalue weighted by atomic mass is 32.1. The molecule has 31 heavy (non-hydrogen) atoms. The third-order valence-electron chi connectivity index (χ3n) is 4.17. The molecular formula is C21H19N3O6S. The summed E-state index contributed by atoms with van der Waals surface area (Å²) >= 11 is 1.31. The number of nitro benzene ring substituents is 1. The van der Waals surface area contributed by atoms with Gasteiger partial charge in [0.15, 0.2) is 5.75 Å². The number of carbonyl (C=O) groups excluding carboxylic acids is 2. The number of amides is 2. The van der Waals surface area contributed by atoms with Crippen LogP contribution in [0.2, 0.25) is 0 Å². The fourth-order valence-electron chi connectivity index (χ4n) is 2.75. The number of nitrogens with one attached hydrogen (secondary N) is 2. The average Bonchev–Trinajstić information content (AvgIpc) is 3.30. The minimum atomic E-state index is -0.601. The lowest BCUT2D eigenvalue weighted by Crippen LogP contribution is -2.14. The maximum atomic E-state index is 12.6. The standard InChI is InChI=1S/C21H19N3O6S/c1-3-30-17-9-6-13(11-16(17)24(27)28)20(25)22-14-7-8-15(18(12-14)29-2)23-21(26)19-5-4-10-31-19/h4-12H,3H2,1-2H3,(H,22,25)(H,23,26). The van der Waals surface area contributed by atoms with Gasteiger partial charge in [0.25, 0.3) is 11.8 Å². The Morgan fingerprint density at radius 1 is 1.06 bits per heavy atom. The Morgan fingerprint density at radius 3 is 2.52 bits per heavy atom. The summed E-state index contributed by atoms with van der Waals surface area (Å²) < 4.78 is 10.5. The highest BCUT2D eigenvalue weighted by Crippen LogP contribution is 2.31. The molecule has 3 rings (SSSR count).